The Balaban J connectivity index is 3.19. The molecule has 0 nitrogen and oxygen atoms in total. The largest absolute Gasteiger partial charge is 0.134 e. The maximum atomic E-state index is 3.41. The van der Waals surface area contributed by atoms with Crippen molar-refractivity contribution >= 4 is 65.8 Å². The standard InChI is InChI=1S/C4HBr2IS/c5-3-2(7)1-8-4(3)6/h1H. The zero-order valence-corrected chi connectivity index (χ0v) is 9.77. The van der Waals surface area contributed by atoms with Crippen LogP contribution in [0.5, 0.6) is 0 Å². The molecular weight excluding hydrogens is 367 g/mol. The highest BCUT2D eigenvalue weighted by Gasteiger charge is 2.01. The maximum Gasteiger partial charge on any atom is 0.0851 e. The number of rotatable bonds is 0. The van der Waals surface area contributed by atoms with Gasteiger partial charge in [0.1, 0.15) is 0 Å². The predicted molar refractivity (Wildman–Crippen MR) is 52.4 cm³/mol. The molecule has 1 heterocycles. The highest BCUT2D eigenvalue weighted by Crippen LogP contribution is 2.33. The molecule has 0 aliphatic rings. The van der Waals surface area contributed by atoms with Crippen LogP contribution in [0.15, 0.2) is 13.6 Å². The summed E-state index contributed by atoms with van der Waals surface area (Å²) in [5, 5.41) is 2.09. The molecule has 0 N–H and O–H groups in total. The van der Waals surface area contributed by atoms with E-state index in [0.717, 1.165) is 0 Å². The van der Waals surface area contributed by atoms with Gasteiger partial charge in [0.05, 0.1) is 8.26 Å². The lowest BCUT2D eigenvalue weighted by atomic mass is 10.7. The third-order valence-corrected chi connectivity index (χ3v) is 6.00. The summed E-state index contributed by atoms with van der Waals surface area (Å²) in [4.78, 5) is 0. The van der Waals surface area contributed by atoms with Gasteiger partial charge in [0.25, 0.3) is 0 Å². The summed E-state index contributed by atoms with van der Waals surface area (Å²) in [7, 11) is 0. The fraction of sp³-hybridized carbons (Fsp3) is 0. The fourth-order valence-electron chi connectivity index (χ4n) is 0.301. The molecule has 0 aliphatic carbocycles. The van der Waals surface area contributed by atoms with Gasteiger partial charge < -0.3 is 0 Å². The van der Waals surface area contributed by atoms with Crippen molar-refractivity contribution in [1.82, 2.24) is 0 Å². The summed E-state index contributed by atoms with van der Waals surface area (Å²) in [6.45, 7) is 0. The van der Waals surface area contributed by atoms with Crippen LogP contribution in [0.4, 0.5) is 0 Å². The Bertz CT molecular complexity index is 176. The highest BCUT2D eigenvalue weighted by atomic mass is 127. The molecule has 0 saturated carbocycles. The Morgan fingerprint density at radius 2 is 2.12 bits per heavy atom. The van der Waals surface area contributed by atoms with Gasteiger partial charge in [-0.25, -0.2) is 0 Å². The average Bonchev–Trinajstić information content (AvgIpc) is 1.98. The zero-order valence-electron chi connectivity index (χ0n) is 3.62. The molecule has 1 rings (SSSR count). The number of halogens is 3. The van der Waals surface area contributed by atoms with Gasteiger partial charge in [-0.05, 0) is 54.5 Å². The third kappa shape index (κ3) is 1.46. The van der Waals surface area contributed by atoms with E-state index in [0.29, 0.717) is 0 Å². The SMILES string of the molecule is Brc1scc(I)c1Br. The maximum absolute atomic E-state index is 3.41. The van der Waals surface area contributed by atoms with Gasteiger partial charge in [-0.2, -0.15) is 0 Å². The van der Waals surface area contributed by atoms with Gasteiger partial charge in [-0.15, -0.1) is 11.3 Å². The van der Waals surface area contributed by atoms with Crippen molar-refractivity contribution in [1.29, 1.82) is 0 Å². The predicted octanol–water partition coefficient (Wildman–Crippen LogP) is 3.88. The second-order valence-electron chi connectivity index (χ2n) is 1.17. The molecular formula is C4HBr2IS. The van der Waals surface area contributed by atoms with Gasteiger partial charge in [0.2, 0.25) is 0 Å². The minimum absolute atomic E-state index is 1.17. The highest BCUT2D eigenvalue weighted by molar-refractivity contribution is 14.1. The van der Waals surface area contributed by atoms with E-state index in [1.807, 2.05) is 0 Å². The monoisotopic (exact) mass is 366 g/mol. The lowest BCUT2D eigenvalue weighted by Crippen LogP contribution is -1.57. The van der Waals surface area contributed by atoms with Crippen LogP contribution in [-0.4, -0.2) is 0 Å². The van der Waals surface area contributed by atoms with Crippen LogP contribution in [0.25, 0.3) is 0 Å². The van der Waals surface area contributed by atoms with E-state index in [4.69, 9.17) is 0 Å². The van der Waals surface area contributed by atoms with Crippen molar-refractivity contribution in [2.45, 2.75) is 0 Å². The van der Waals surface area contributed by atoms with Crippen molar-refractivity contribution < 1.29 is 0 Å². The first-order valence-electron chi connectivity index (χ1n) is 1.80. The lowest BCUT2D eigenvalue weighted by Gasteiger charge is -1.80. The number of hydrogen-bond donors (Lipinski definition) is 0. The normalized spacial score (nSPS) is 9.88. The third-order valence-electron chi connectivity index (χ3n) is 0.648. The summed E-state index contributed by atoms with van der Waals surface area (Å²) in [5.41, 5.74) is 0. The van der Waals surface area contributed by atoms with Crippen LogP contribution < -0.4 is 0 Å². The van der Waals surface area contributed by atoms with Gasteiger partial charge in [0.15, 0.2) is 0 Å². The molecule has 0 spiro atoms. The molecule has 0 unspecified atom stereocenters. The van der Waals surface area contributed by atoms with E-state index >= 15 is 0 Å². The van der Waals surface area contributed by atoms with Crippen LogP contribution in [0.3, 0.4) is 0 Å². The van der Waals surface area contributed by atoms with E-state index in [2.05, 4.69) is 59.8 Å². The van der Waals surface area contributed by atoms with Crippen LogP contribution in [0, 0.1) is 3.57 Å². The minimum atomic E-state index is 1.17. The molecule has 1 aromatic heterocycles. The molecule has 0 amide bonds. The Kier molecular flexibility index (Phi) is 2.80. The van der Waals surface area contributed by atoms with Gasteiger partial charge in [-0.3, -0.25) is 0 Å². The smallest absolute Gasteiger partial charge is 0.0851 e. The van der Waals surface area contributed by atoms with Gasteiger partial charge in [-0.1, -0.05) is 0 Å². The molecule has 1 aromatic rings. The fourth-order valence-corrected chi connectivity index (χ4v) is 3.08. The van der Waals surface area contributed by atoms with E-state index in [9.17, 15) is 0 Å². The number of thiophene rings is 1. The molecule has 0 aromatic carbocycles. The summed E-state index contributed by atoms with van der Waals surface area (Å²) >= 11 is 10.8. The molecule has 0 atom stereocenters. The molecule has 0 fully saturated rings. The van der Waals surface area contributed by atoms with Crippen molar-refractivity contribution in [3.8, 4) is 0 Å². The minimum Gasteiger partial charge on any atom is -0.134 e. The van der Waals surface area contributed by atoms with Crippen LogP contribution in [0.2, 0.25) is 0 Å². The second-order valence-corrected chi connectivity index (χ2v) is 5.32. The molecule has 4 heteroatoms. The molecule has 8 heavy (non-hydrogen) atoms. The van der Waals surface area contributed by atoms with Crippen molar-refractivity contribution in [2.24, 2.45) is 0 Å². The van der Waals surface area contributed by atoms with Crippen molar-refractivity contribution in [2.75, 3.05) is 0 Å². The molecule has 0 aliphatic heterocycles. The Hall–Kier alpha value is 1.39. The molecule has 0 radical (unpaired) electrons. The topological polar surface area (TPSA) is 0 Å². The lowest BCUT2D eigenvalue weighted by molar-refractivity contribution is 1.75. The van der Waals surface area contributed by atoms with Crippen molar-refractivity contribution in [3.05, 3.63) is 17.2 Å². The van der Waals surface area contributed by atoms with Crippen LogP contribution in [-0.2, 0) is 0 Å². The summed E-state index contributed by atoms with van der Waals surface area (Å²) in [6.07, 6.45) is 0. The first-order valence-corrected chi connectivity index (χ1v) is 5.34. The van der Waals surface area contributed by atoms with E-state index < -0.39 is 0 Å². The molecule has 0 saturated heterocycles. The molecule has 44 valence electrons. The van der Waals surface area contributed by atoms with E-state index in [1.165, 1.54) is 11.8 Å². The van der Waals surface area contributed by atoms with Crippen LogP contribution in [0.1, 0.15) is 0 Å². The summed E-state index contributed by atoms with van der Waals surface area (Å²) in [6, 6.07) is 0. The van der Waals surface area contributed by atoms with E-state index in [1.54, 1.807) is 11.3 Å². The first-order chi connectivity index (χ1) is 3.72. The Labute approximate surface area is 82.1 Å². The van der Waals surface area contributed by atoms with Crippen molar-refractivity contribution in [3.63, 3.8) is 0 Å². The summed E-state index contributed by atoms with van der Waals surface area (Å²) < 4.78 is 3.60. The molecule has 0 bridgehead atoms. The number of hydrogen-bond acceptors (Lipinski definition) is 1. The second kappa shape index (κ2) is 2.98. The average molecular weight is 368 g/mol. The van der Waals surface area contributed by atoms with Gasteiger partial charge >= 0.3 is 0 Å². The first kappa shape index (κ1) is 7.50. The van der Waals surface area contributed by atoms with Gasteiger partial charge in [0, 0.05) is 8.95 Å². The summed E-state index contributed by atoms with van der Waals surface area (Å²) in [5.74, 6) is 0. The van der Waals surface area contributed by atoms with Crippen LogP contribution >= 0.6 is 65.8 Å². The zero-order chi connectivity index (χ0) is 6.15. The Morgan fingerprint density at radius 3 is 2.25 bits per heavy atom. The Morgan fingerprint density at radius 1 is 1.50 bits per heavy atom. The van der Waals surface area contributed by atoms with E-state index in [-0.39, 0.29) is 0 Å². The quantitative estimate of drug-likeness (QED) is 0.610.